The second-order valence-electron chi connectivity index (χ2n) is 3.81. The number of aliphatic imine (C=N–C) groups is 1. The number of nitrogens with zero attached hydrogens (tertiary/aromatic N) is 1. The van der Waals surface area contributed by atoms with Crippen molar-refractivity contribution in [2.75, 3.05) is 0 Å². The maximum Gasteiger partial charge on any atom is 0.152 e. The minimum Gasteiger partial charge on any atom is -0.353 e. The molecule has 0 bridgehead atoms. The van der Waals surface area contributed by atoms with Gasteiger partial charge in [-0.05, 0) is 18.9 Å². The second kappa shape index (κ2) is 4.56. The van der Waals surface area contributed by atoms with Crippen LogP contribution in [0.25, 0.3) is 0 Å². The van der Waals surface area contributed by atoms with Crippen molar-refractivity contribution in [3.05, 3.63) is 12.2 Å². The summed E-state index contributed by atoms with van der Waals surface area (Å²) in [5.41, 5.74) is 0. The molecule has 1 fully saturated rings. The Balaban J connectivity index is 1.76. The molecule has 72 valence electrons. The lowest BCUT2D eigenvalue weighted by molar-refractivity contribution is -0.0238. The van der Waals surface area contributed by atoms with Crippen LogP contribution in [0.1, 0.15) is 38.5 Å². The van der Waals surface area contributed by atoms with Crippen molar-refractivity contribution in [3.63, 3.8) is 0 Å². The van der Waals surface area contributed by atoms with Crippen molar-refractivity contribution in [3.8, 4) is 0 Å². The highest BCUT2D eigenvalue weighted by Crippen LogP contribution is 2.22. The molecule has 0 amide bonds. The average Bonchev–Trinajstić information content (AvgIpc) is 2.21. The van der Waals surface area contributed by atoms with Crippen LogP contribution in [0.4, 0.5) is 0 Å². The summed E-state index contributed by atoms with van der Waals surface area (Å²) >= 11 is 0. The van der Waals surface area contributed by atoms with Crippen LogP contribution in [0, 0.1) is 0 Å². The monoisotopic (exact) mass is 179 g/mol. The molecule has 0 saturated heterocycles. The van der Waals surface area contributed by atoms with E-state index < -0.39 is 0 Å². The Labute approximate surface area is 79.7 Å². The molecule has 2 heteroatoms. The smallest absolute Gasteiger partial charge is 0.152 e. The van der Waals surface area contributed by atoms with E-state index in [0.717, 1.165) is 6.42 Å². The number of dihydropyridines is 1. The lowest BCUT2D eigenvalue weighted by atomic mass is 9.98. The van der Waals surface area contributed by atoms with Gasteiger partial charge >= 0.3 is 0 Å². The molecule has 1 aliphatic carbocycles. The van der Waals surface area contributed by atoms with Crippen LogP contribution in [0.2, 0.25) is 0 Å². The van der Waals surface area contributed by atoms with E-state index >= 15 is 0 Å². The molecule has 0 N–H and O–H groups in total. The van der Waals surface area contributed by atoms with E-state index in [1.807, 2.05) is 12.3 Å². The van der Waals surface area contributed by atoms with Crippen molar-refractivity contribution < 1.29 is 4.74 Å². The van der Waals surface area contributed by atoms with Crippen molar-refractivity contribution in [1.29, 1.82) is 0 Å². The molecule has 1 atom stereocenters. The first kappa shape index (κ1) is 8.95. The first-order valence-corrected chi connectivity index (χ1v) is 5.29. The summed E-state index contributed by atoms with van der Waals surface area (Å²) in [6.45, 7) is 0. The molecule has 13 heavy (non-hydrogen) atoms. The topological polar surface area (TPSA) is 21.6 Å². The average molecular weight is 179 g/mol. The van der Waals surface area contributed by atoms with Crippen LogP contribution >= 0.6 is 0 Å². The van der Waals surface area contributed by atoms with Crippen molar-refractivity contribution in [2.24, 2.45) is 4.99 Å². The van der Waals surface area contributed by atoms with E-state index in [1.165, 1.54) is 32.1 Å². The fraction of sp³-hybridized carbons (Fsp3) is 0.727. The molecular weight excluding hydrogens is 162 g/mol. The lowest BCUT2D eigenvalue weighted by Gasteiger charge is -2.25. The van der Waals surface area contributed by atoms with E-state index in [4.69, 9.17) is 4.74 Å². The number of hydrogen-bond acceptors (Lipinski definition) is 2. The number of allylic oxidation sites excluding steroid dienone is 1. The summed E-state index contributed by atoms with van der Waals surface area (Å²) in [7, 11) is 0. The van der Waals surface area contributed by atoms with Gasteiger partial charge in [0.05, 0.1) is 6.10 Å². The molecule has 2 rings (SSSR count). The normalized spacial score (nSPS) is 29.4. The number of hydrogen-bond donors (Lipinski definition) is 0. The molecule has 1 aliphatic heterocycles. The number of ether oxygens (including phenoxy) is 1. The van der Waals surface area contributed by atoms with Crippen molar-refractivity contribution in [2.45, 2.75) is 50.9 Å². The zero-order valence-corrected chi connectivity index (χ0v) is 7.98. The van der Waals surface area contributed by atoms with Crippen LogP contribution in [0.3, 0.4) is 0 Å². The van der Waals surface area contributed by atoms with Gasteiger partial charge in [0.2, 0.25) is 0 Å². The van der Waals surface area contributed by atoms with Gasteiger partial charge in [0.1, 0.15) is 0 Å². The Morgan fingerprint density at radius 3 is 2.69 bits per heavy atom. The van der Waals surface area contributed by atoms with Crippen LogP contribution in [-0.2, 0) is 4.74 Å². The summed E-state index contributed by atoms with van der Waals surface area (Å²) in [5, 5.41) is 0. The van der Waals surface area contributed by atoms with Gasteiger partial charge in [-0.15, -0.1) is 0 Å². The standard InChI is InChI=1S/C11H17NO/c1-2-6-10(7-3-1)13-11-8-4-5-9-12-11/h4-5,9-11H,1-3,6-8H2. The molecule has 1 saturated carbocycles. The Morgan fingerprint density at radius 1 is 1.15 bits per heavy atom. The first-order chi connectivity index (χ1) is 6.45. The molecule has 2 nitrogen and oxygen atoms in total. The molecule has 0 aromatic rings. The molecule has 0 radical (unpaired) electrons. The summed E-state index contributed by atoms with van der Waals surface area (Å²) in [6.07, 6.45) is 14.0. The predicted molar refractivity (Wildman–Crippen MR) is 54.0 cm³/mol. The van der Waals surface area contributed by atoms with Crippen LogP contribution in [0.15, 0.2) is 17.1 Å². The molecule has 0 spiro atoms. The van der Waals surface area contributed by atoms with Gasteiger partial charge in [-0.25, -0.2) is 0 Å². The van der Waals surface area contributed by atoms with Crippen LogP contribution in [0.5, 0.6) is 0 Å². The highest BCUT2D eigenvalue weighted by atomic mass is 16.5. The van der Waals surface area contributed by atoms with Gasteiger partial charge in [0.25, 0.3) is 0 Å². The summed E-state index contributed by atoms with van der Waals surface area (Å²) in [5.74, 6) is 0. The Bertz CT molecular complexity index is 204. The third-order valence-corrected chi connectivity index (χ3v) is 2.71. The van der Waals surface area contributed by atoms with E-state index in [9.17, 15) is 0 Å². The fourth-order valence-corrected chi connectivity index (χ4v) is 1.98. The molecule has 2 aliphatic rings. The molecule has 1 heterocycles. The minimum atomic E-state index is 0.105. The summed E-state index contributed by atoms with van der Waals surface area (Å²) in [4.78, 5) is 4.29. The maximum atomic E-state index is 5.88. The second-order valence-corrected chi connectivity index (χ2v) is 3.81. The Hall–Kier alpha value is -0.630. The van der Waals surface area contributed by atoms with E-state index in [2.05, 4.69) is 11.1 Å². The Kier molecular flexibility index (Phi) is 3.14. The Morgan fingerprint density at radius 2 is 2.00 bits per heavy atom. The van der Waals surface area contributed by atoms with Crippen LogP contribution < -0.4 is 0 Å². The zero-order chi connectivity index (χ0) is 8.93. The van der Waals surface area contributed by atoms with Gasteiger partial charge in [-0.3, -0.25) is 4.99 Å². The van der Waals surface area contributed by atoms with E-state index in [0.29, 0.717) is 6.10 Å². The van der Waals surface area contributed by atoms with Gasteiger partial charge in [-0.2, -0.15) is 0 Å². The first-order valence-electron chi connectivity index (χ1n) is 5.29. The zero-order valence-electron chi connectivity index (χ0n) is 7.98. The summed E-state index contributed by atoms with van der Waals surface area (Å²) < 4.78 is 5.88. The highest BCUT2D eigenvalue weighted by molar-refractivity contribution is 5.71. The third kappa shape index (κ3) is 2.66. The van der Waals surface area contributed by atoms with Gasteiger partial charge in [-0.1, -0.05) is 25.3 Å². The molecule has 1 unspecified atom stereocenters. The predicted octanol–water partition coefficient (Wildman–Crippen LogP) is 2.69. The molecule has 0 aromatic carbocycles. The van der Waals surface area contributed by atoms with Gasteiger partial charge < -0.3 is 4.74 Å². The van der Waals surface area contributed by atoms with Crippen LogP contribution in [-0.4, -0.2) is 18.5 Å². The minimum absolute atomic E-state index is 0.105. The molecule has 0 aromatic heterocycles. The quantitative estimate of drug-likeness (QED) is 0.638. The largest absolute Gasteiger partial charge is 0.353 e. The van der Waals surface area contributed by atoms with Crippen molar-refractivity contribution >= 4 is 6.21 Å². The van der Waals surface area contributed by atoms with E-state index in [1.54, 1.807) is 0 Å². The molecular formula is C11H17NO. The van der Waals surface area contributed by atoms with E-state index in [-0.39, 0.29) is 6.23 Å². The maximum absolute atomic E-state index is 5.88. The summed E-state index contributed by atoms with van der Waals surface area (Å²) in [6, 6.07) is 0. The number of rotatable bonds is 2. The van der Waals surface area contributed by atoms with Crippen molar-refractivity contribution in [1.82, 2.24) is 0 Å². The SMILES string of the molecule is C1=CCC(OC2CCCCC2)N=C1. The third-order valence-electron chi connectivity index (χ3n) is 2.71. The fourth-order valence-electron chi connectivity index (χ4n) is 1.98. The van der Waals surface area contributed by atoms with Gasteiger partial charge in [0, 0.05) is 12.6 Å². The highest BCUT2D eigenvalue weighted by Gasteiger charge is 2.17. The van der Waals surface area contributed by atoms with Gasteiger partial charge in [0.15, 0.2) is 6.23 Å². The lowest BCUT2D eigenvalue weighted by Crippen LogP contribution is -2.23.